The summed E-state index contributed by atoms with van der Waals surface area (Å²) in [6.45, 7) is 7.70. The lowest BCUT2D eigenvalue weighted by Gasteiger charge is -2.27. The normalized spacial score (nSPS) is 15.8. The van der Waals surface area contributed by atoms with Crippen LogP contribution in [0.25, 0.3) is 0 Å². The highest BCUT2D eigenvalue weighted by molar-refractivity contribution is 5.74. The lowest BCUT2D eigenvalue weighted by molar-refractivity contribution is 0.00951. The molecule has 2 rings (SSSR count). The van der Waals surface area contributed by atoms with E-state index in [-0.39, 0.29) is 17.7 Å². The first-order valence-electron chi connectivity index (χ1n) is 8.54. The third-order valence-corrected chi connectivity index (χ3v) is 4.35. The van der Waals surface area contributed by atoms with Gasteiger partial charge in [-0.15, -0.1) is 0 Å². The number of urea groups is 1. The molecule has 0 bridgehead atoms. The summed E-state index contributed by atoms with van der Waals surface area (Å²) in [6, 6.07) is -0.0711. The Hall–Kier alpha value is -1.56. The van der Waals surface area contributed by atoms with Crippen molar-refractivity contribution in [1.82, 2.24) is 20.2 Å². The second-order valence-corrected chi connectivity index (χ2v) is 7.02. The predicted molar refractivity (Wildman–Crippen MR) is 90.6 cm³/mol. The molecule has 2 amide bonds. The van der Waals surface area contributed by atoms with Crippen LogP contribution in [0.3, 0.4) is 0 Å². The van der Waals surface area contributed by atoms with Crippen LogP contribution in [0, 0.1) is 0 Å². The molecule has 23 heavy (non-hydrogen) atoms. The van der Waals surface area contributed by atoms with Gasteiger partial charge in [-0.3, -0.25) is 0 Å². The molecule has 6 heteroatoms. The van der Waals surface area contributed by atoms with Crippen LogP contribution in [-0.2, 0) is 24.1 Å². The van der Waals surface area contributed by atoms with Crippen LogP contribution in [0.4, 0.5) is 4.79 Å². The average Bonchev–Trinajstić information content (AvgIpc) is 2.89. The molecule has 1 unspecified atom stereocenters. The molecule has 6 nitrogen and oxygen atoms in total. The van der Waals surface area contributed by atoms with Gasteiger partial charge in [-0.05, 0) is 40.0 Å². The SMILES string of the molecule is COC(C)(C)CC(C)NC(=O)NCCc1cn2c(n1)CCCC2. The van der Waals surface area contributed by atoms with Crippen molar-refractivity contribution in [2.75, 3.05) is 13.7 Å². The van der Waals surface area contributed by atoms with E-state index < -0.39 is 0 Å². The third kappa shape index (κ3) is 5.53. The number of ether oxygens (including phenoxy) is 1. The molecule has 1 aromatic rings. The summed E-state index contributed by atoms with van der Waals surface area (Å²) >= 11 is 0. The summed E-state index contributed by atoms with van der Waals surface area (Å²) in [6.07, 6.45) is 7.20. The Kier molecular flexibility index (Phi) is 6.04. The van der Waals surface area contributed by atoms with E-state index in [1.807, 2.05) is 20.8 Å². The monoisotopic (exact) mass is 322 g/mol. The number of fused-ring (bicyclic) bond motifs is 1. The fourth-order valence-corrected chi connectivity index (χ4v) is 3.04. The number of carbonyl (C=O) groups is 1. The van der Waals surface area contributed by atoms with E-state index in [1.165, 1.54) is 18.7 Å². The average molecular weight is 322 g/mol. The van der Waals surface area contributed by atoms with Crippen LogP contribution in [-0.4, -0.2) is 40.9 Å². The smallest absolute Gasteiger partial charge is 0.315 e. The lowest BCUT2D eigenvalue weighted by atomic mass is 10.00. The third-order valence-electron chi connectivity index (χ3n) is 4.35. The molecule has 1 aliphatic heterocycles. The molecule has 0 aromatic carbocycles. The Balaban J connectivity index is 1.69. The summed E-state index contributed by atoms with van der Waals surface area (Å²) in [4.78, 5) is 16.6. The number of imidazole rings is 1. The molecule has 2 heterocycles. The van der Waals surface area contributed by atoms with Gasteiger partial charge < -0.3 is 19.9 Å². The Morgan fingerprint density at radius 2 is 2.26 bits per heavy atom. The van der Waals surface area contributed by atoms with Crippen molar-refractivity contribution in [2.24, 2.45) is 0 Å². The second kappa shape index (κ2) is 7.81. The largest absolute Gasteiger partial charge is 0.379 e. The van der Waals surface area contributed by atoms with Gasteiger partial charge in [-0.25, -0.2) is 9.78 Å². The van der Waals surface area contributed by atoms with Crippen LogP contribution in [0.15, 0.2) is 6.20 Å². The molecule has 0 radical (unpaired) electrons. The highest BCUT2D eigenvalue weighted by atomic mass is 16.5. The number of aromatic nitrogens is 2. The molecular formula is C17H30N4O2. The molecule has 1 atom stereocenters. The molecule has 0 saturated heterocycles. The van der Waals surface area contributed by atoms with Gasteiger partial charge >= 0.3 is 6.03 Å². The van der Waals surface area contributed by atoms with E-state index in [4.69, 9.17) is 4.74 Å². The van der Waals surface area contributed by atoms with Crippen molar-refractivity contribution >= 4 is 6.03 Å². The highest BCUT2D eigenvalue weighted by Crippen LogP contribution is 2.15. The van der Waals surface area contributed by atoms with Crippen LogP contribution in [0.5, 0.6) is 0 Å². The van der Waals surface area contributed by atoms with E-state index in [0.29, 0.717) is 6.54 Å². The summed E-state index contributed by atoms with van der Waals surface area (Å²) < 4.78 is 7.63. The van der Waals surface area contributed by atoms with Crippen molar-refractivity contribution in [3.63, 3.8) is 0 Å². The molecule has 0 fully saturated rings. The van der Waals surface area contributed by atoms with Crippen LogP contribution in [0.2, 0.25) is 0 Å². The summed E-state index contributed by atoms with van der Waals surface area (Å²) in [5.74, 6) is 1.19. The maximum absolute atomic E-state index is 11.9. The van der Waals surface area contributed by atoms with Gasteiger partial charge in [0.15, 0.2) is 0 Å². The Labute approximate surface area is 139 Å². The van der Waals surface area contributed by atoms with Gasteiger partial charge in [0.25, 0.3) is 0 Å². The van der Waals surface area contributed by atoms with Crippen molar-refractivity contribution in [1.29, 1.82) is 0 Å². The van der Waals surface area contributed by atoms with E-state index in [0.717, 1.165) is 31.5 Å². The molecule has 1 aromatic heterocycles. The van der Waals surface area contributed by atoms with E-state index in [1.54, 1.807) is 7.11 Å². The zero-order valence-corrected chi connectivity index (χ0v) is 14.8. The van der Waals surface area contributed by atoms with E-state index in [2.05, 4.69) is 26.4 Å². The lowest BCUT2D eigenvalue weighted by Crippen LogP contribution is -2.44. The topological polar surface area (TPSA) is 68.2 Å². The van der Waals surface area contributed by atoms with Crippen molar-refractivity contribution in [3.05, 3.63) is 17.7 Å². The summed E-state index contributed by atoms with van der Waals surface area (Å²) in [7, 11) is 1.69. The molecule has 0 saturated carbocycles. The predicted octanol–water partition coefficient (Wildman–Crippen LogP) is 2.26. The number of aryl methyl sites for hydroxylation is 2. The van der Waals surface area contributed by atoms with Gasteiger partial charge in [-0.2, -0.15) is 0 Å². The first-order chi connectivity index (χ1) is 10.9. The molecule has 1 aliphatic rings. The Morgan fingerprint density at radius 3 is 2.96 bits per heavy atom. The van der Waals surface area contributed by atoms with Gasteiger partial charge in [-0.1, -0.05) is 0 Å². The quantitative estimate of drug-likeness (QED) is 0.809. The molecule has 130 valence electrons. The van der Waals surface area contributed by atoms with E-state index in [9.17, 15) is 4.79 Å². The van der Waals surface area contributed by atoms with Crippen molar-refractivity contribution in [3.8, 4) is 0 Å². The van der Waals surface area contributed by atoms with Gasteiger partial charge in [0.2, 0.25) is 0 Å². The number of hydrogen-bond donors (Lipinski definition) is 2. The van der Waals surface area contributed by atoms with Gasteiger partial charge in [0, 0.05) is 45.3 Å². The number of nitrogens with zero attached hydrogens (tertiary/aromatic N) is 2. The summed E-state index contributed by atoms with van der Waals surface area (Å²) in [5, 5.41) is 5.86. The second-order valence-electron chi connectivity index (χ2n) is 7.02. The zero-order chi connectivity index (χ0) is 16.9. The number of rotatable bonds is 7. The number of hydrogen-bond acceptors (Lipinski definition) is 3. The van der Waals surface area contributed by atoms with Gasteiger partial charge in [0.1, 0.15) is 5.82 Å². The van der Waals surface area contributed by atoms with Crippen LogP contribution >= 0.6 is 0 Å². The number of carbonyl (C=O) groups excluding carboxylic acids is 1. The minimum atomic E-state index is -0.234. The first kappa shape index (κ1) is 17.8. The zero-order valence-electron chi connectivity index (χ0n) is 14.8. The fraction of sp³-hybridized carbons (Fsp3) is 0.765. The maximum Gasteiger partial charge on any atom is 0.315 e. The van der Waals surface area contributed by atoms with Crippen molar-refractivity contribution < 1.29 is 9.53 Å². The number of amides is 2. The van der Waals surface area contributed by atoms with Crippen molar-refractivity contribution in [2.45, 2.75) is 71.1 Å². The Bertz CT molecular complexity index is 501. The van der Waals surface area contributed by atoms with Gasteiger partial charge in [0.05, 0.1) is 11.3 Å². The molecular weight excluding hydrogens is 292 g/mol. The maximum atomic E-state index is 11.9. The summed E-state index contributed by atoms with van der Waals surface area (Å²) in [5.41, 5.74) is 0.832. The molecule has 2 N–H and O–H groups in total. The first-order valence-corrected chi connectivity index (χ1v) is 8.54. The van der Waals surface area contributed by atoms with Crippen LogP contribution < -0.4 is 10.6 Å². The molecule has 0 aliphatic carbocycles. The minimum absolute atomic E-state index is 0.0601. The number of nitrogens with one attached hydrogen (secondary N) is 2. The highest BCUT2D eigenvalue weighted by Gasteiger charge is 2.21. The standard InChI is InChI=1S/C17H30N4O2/c1-13(11-17(2,3)23-4)19-16(22)18-9-8-14-12-21-10-6-5-7-15(21)20-14/h12-13H,5-11H2,1-4H3,(H2,18,19,22). The minimum Gasteiger partial charge on any atom is -0.379 e. The molecule has 0 spiro atoms. The van der Waals surface area contributed by atoms with E-state index >= 15 is 0 Å². The number of methoxy groups -OCH3 is 1. The van der Waals surface area contributed by atoms with Crippen LogP contribution in [0.1, 0.15) is 51.6 Å². The fourth-order valence-electron chi connectivity index (χ4n) is 3.04. The Morgan fingerprint density at radius 1 is 1.48 bits per heavy atom.